The van der Waals surface area contributed by atoms with Gasteiger partial charge < -0.3 is 10.1 Å². The molecule has 2 aliphatic rings. The second-order valence-electron chi connectivity index (χ2n) is 4.95. The summed E-state index contributed by atoms with van der Waals surface area (Å²) in [6.07, 6.45) is 10.1. The van der Waals surface area contributed by atoms with E-state index in [0.717, 1.165) is 0 Å². The second kappa shape index (κ2) is 4.19. The first-order valence-corrected chi connectivity index (χ1v) is 6.03. The highest BCUT2D eigenvalue weighted by Crippen LogP contribution is 2.52. The molecular weight excluding hydrogens is 174 g/mol. The van der Waals surface area contributed by atoms with E-state index in [2.05, 4.69) is 12.4 Å². The Morgan fingerprint density at radius 2 is 1.79 bits per heavy atom. The molecular formula is C12H23NO. The fraction of sp³-hybridized carbons (Fsp3) is 1.00. The molecule has 0 aromatic heterocycles. The van der Waals surface area contributed by atoms with Crippen LogP contribution in [0.5, 0.6) is 0 Å². The molecule has 0 saturated heterocycles. The molecule has 0 aliphatic heterocycles. The average molecular weight is 197 g/mol. The smallest absolute Gasteiger partial charge is 0.0657 e. The van der Waals surface area contributed by atoms with E-state index in [9.17, 15) is 0 Å². The molecule has 14 heavy (non-hydrogen) atoms. The minimum Gasteiger partial charge on any atom is -0.381 e. The van der Waals surface area contributed by atoms with E-state index >= 15 is 0 Å². The van der Waals surface area contributed by atoms with Gasteiger partial charge in [0.25, 0.3) is 0 Å². The van der Waals surface area contributed by atoms with Crippen LogP contribution in [0, 0.1) is 5.41 Å². The number of ether oxygens (including phenoxy) is 1. The Morgan fingerprint density at radius 3 is 2.29 bits per heavy atom. The highest BCUT2D eigenvalue weighted by molar-refractivity contribution is 5.07. The van der Waals surface area contributed by atoms with Gasteiger partial charge in [0.05, 0.1) is 6.10 Å². The van der Waals surface area contributed by atoms with E-state index in [0.29, 0.717) is 17.6 Å². The Balaban J connectivity index is 2.07. The molecule has 2 unspecified atom stereocenters. The van der Waals surface area contributed by atoms with E-state index in [1.807, 2.05) is 7.11 Å². The maximum Gasteiger partial charge on any atom is 0.0657 e. The molecule has 2 heteroatoms. The van der Waals surface area contributed by atoms with Crippen molar-refractivity contribution < 1.29 is 4.74 Å². The van der Waals surface area contributed by atoms with Gasteiger partial charge in [0.2, 0.25) is 0 Å². The van der Waals surface area contributed by atoms with Gasteiger partial charge in [0.1, 0.15) is 0 Å². The molecule has 2 aliphatic carbocycles. The highest BCUT2D eigenvalue weighted by atomic mass is 16.5. The van der Waals surface area contributed by atoms with Crippen LogP contribution in [-0.2, 0) is 4.74 Å². The Morgan fingerprint density at radius 1 is 1.14 bits per heavy atom. The van der Waals surface area contributed by atoms with Crippen molar-refractivity contribution in [2.45, 2.75) is 57.1 Å². The summed E-state index contributed by atoms with van der Waals surface area (Å²) in [5.74, 6) is 0. The van der Waals surface area contributed by atoms with Gasteiger partial charge >= 0.3 is 0 Å². The third-order valence-corrected chi connectivity index (χ3v) is 4.45. The standard InChI is InChI=1S/C12H23NO/c1-13-10-9-11(14-2)12(10)7-5-3-4-6-8-12/h10-11,13H,3-9H2,1-2H3. The largest absolute Gasteiger partial charge is 0.381 e. The van der Waals surface area contributed by atoms with E-state index in [4.69, 9.17) is 4.74 Å². The summed E-state index contributed by atoms with van der Waals surface area (Å²) >= 11 is 0. The van der Waals surface area contributed by atoms with E-state index < -0.39 is 0 Å². The van der Waals surface area contributed by atoms with Gasteiger partial charge in [-0.2, -0.15) is 0 Å². The Bertz CT molecular complexity index is 173. The molecule has 0 amide bonds. The van der Waals surface area contributed by atoms with Gasteiger partial charge in [-0.15, -0.1) is 0 Å². The molecule has 1 N–H and O–H groups in total. The predicted molar refractivity (Wildman–Crippen MR) is 58.4 cm³/mol. The first-order chi connectivity index (χ1) is 6.83. The average Bonchev–Trinajstić information content (AvgIpc) is 2.44. The summed E-state index contributed by atoms with van der Waals surface area (Å²) in [5, 5.41) is 3.47. The third kappa shape index (κ3) is 1.49. The van der Waals surface area contributed by atoms with Gasteiger partial charge in [0.15, 0.2) is 0 Å². The van der Waals surface area contributed by atoms with E-state index in [1.54, 1.807) is 0 Å². The second-order valence-corrected chi connectivity index (χ2v) is 4.95. The van der Waals surface area contributed by atoms with Crippen molar-refractivity contribution in [2.24, 2.45) is 5.41 Å². The van der Waals surface area contributed by atoms with Crippen molar-refractivity contribution in [3.05, 3.63) is 0 Å². The number of hydrogen-bond acceptors (Lipinski definition) is 2. The molecule has 2 fully saturated rings. The van der Waals surface area contributed by atoms with Gasteiger partial charge in [-0.05, 0) is 26.3 Å². The van der Waals surface area contributed by atoms with Crippen LogP contribution in [0.15, 0.2) is 0 Å². The summed E-state index contributed by atoms with van der Waals surface area (Å²) in [7, 11) is 3.98. The topological polar surface area (TPSA) is 21.3 Å². The predicted octanol–water partition coefficient (Wildman–Crippen LogP) is 2.33. The van der Waals surface area contributed by atoms with E-state index in [-0.39, 0.29) is 0 Å². The maximum absolute atomic E-state index is 5.63. The van der Waals surface area contributed by atoms with Crippen molar-refractivity contribution in [3.8, 4) is 0 Å². The van der Waals surface area contributed by atoms with Crippen LogP contribution in [-0.4, -0.2) is 26.3 Å². The Hall–Kier alpha value is -0.0800. The molecule has 2 nitrogen and oxygen atoms in total. The lowest BCUT2D eigenvalue weighted by atomic mass is 9.58. The minimum atomic E-state index is 0.486. The summed E-state index contributed by atoms with van der Waals surface area (Å²) in [5.41, 5.74) is 0.486. The molecule has 2 atom stereocenters. The molecule has 1 spiro atoms. The first-order valence-electron chi connectivity index (χ1n) is 6.03. The summed E-state index contributed by atoms with van der Waals surface area (Å²) in [4.78, 5) is 0. The van der Waals surface area contributed by atoms with Crippen molar-refractivity contribution in [2.75, 3.05) is 14.2 Å². The summed E-state index contributed by atoms with van der Waals surface area (Å²) in [6, 6.07) is 0.713. The molecule has 2 rings (SSSR count). The normalized spacial score (nSPS) is 36.4. The van der Waals surface area contributed by atoms with Gasteiger partial charge in [0, 0.05) is 18.6 Å². The van der Waals surface area contributed by atoms with Crippen LogP contribution in [0.4, 0.5) is 0 Å². The van der Waals surface area contributed by atoms with Crippen molar-refractivity contribution >= 4 is 0 Å². The Labute approximate surface area is 87.4 Å². The van der Waals surface area contributed by atoms with Crippen molar-refractivity contribution in [3.63, 3.8) is 0 Å². The van der Waals surface area contributed by atoms with Crippen LogP contribution in [0.2, 0.25) is 0 Å². The SMILES string of the molecule is CNC1CC(OC)C12CCCCCC2. The molecule has 0 radical (unpaired) electrons. The molecule has 0 heterocycles. The number of hydrogen-bond donors (Lipinski definition) is 1. The molecule has 0 bridgehead atoms. The van der Waals surface area contributed by atoms with Crippen LogP contribution in [0.3, 0.4) is 0 Å². The number of methoxy groups -OCH3 is 1. The van der Waals surface area contributed by atoms with Crippen LogP contribution in [0.25, 0.3) is 0 Å². The van der Waals surface area contributed by atoms with Gasteiger partial charge in [-0.1, -0.05) is 25.7 Å². The molecule has 0 aromatic rings. The quantitative estimate of drug-likeness (QED) is 0.733. The van der Waals surface area contributed by atoms with Crippen LogP contribution in [0.1, 0.15) is 44.9 Å². The van der Waals surface area contributed by atoms with Gasteiger partial charge in [-0.25, -0.2) is 0 Å². The maximum atomic E-state index is 5.63. The molecule has 2 saturated carbocycles. The van der Waals surface area contributed by atoms with Gasteiger partial charge in [-0.3, -0.25) is 0 Å². The zero-order valence-corrected chi connectivity index (χ0v) is 9.51. The van der Waals surface area contributed by atoms with Crippen molar-refractivity contribution in [1.29, 1.82) is 0 Å². The zero-order chi connectivity index (χ0) is 10.0. The van der Waals surface area contributed by atoms with Crippen LogP contribution >= 0.6 is 0 Å². The lowest BCUT2D eigenvalue weighted by Crippen LogP contribution is -2.62. The summed E-state index contributed by atoms with van der Waals surface area (Å²) < 4.78 is 5.63. The molecule has 0 aromatic carbocycles. The fourth-order valence-electron chi connectivity index (χ4n) is 3.54. The monoisotopic (exact) mass is 197 g/mol. The summed E-state index contributed by atoms with van der Waals surface area (Å²) in [6.45, 7) is 0. The van der Waals surface area contributed by atoms with E-state index in [1.165, 1.54) is 44.9 Å². The Kier molecular flexibility index (Phi) is 3.13. The first kappa shape index (κ1) is 10.4. The molecule has 82 valence electrons. The third-order valence-electron chi connectivity index (χ3n) is 4.45. The van der Waals surface area contributed by atoms with Crippen LogP contribution < -0.4 is 5.32 Å². The zero-order valence-electron chi connectivity index (χ0n) is 9.51. The van der Waals surface area contributed by atoms with Crippen molar-refractivity contribution in [1.82, 2.24) is 5.32 Å². The highest BCUT2D eigenvalue weighted by Gasteiger charge is 2.53. The lowest BCUT2D eigenvalue weighted by Gasteiger charge is -2.55. The fourth-order valence-corrected chi connectivity index (χ4v) is 3.54. The lowest BCUT2D eigenvalue weighted by molar-refractivity contribution is -0.125. The number of rotatable bonds is 2. The number of nitrogens with one attached hydrogen (secondary N) is 1. The minimum absolute atomic E-state index is 0.486.